The first-order chi connectivity index (χ1) is 9.47. The van der Waals surface area contributed by atoms with E-state index in [0.717, 1.165) is 27.5 Å². The minimum atomic E-state index is -0.0840. The first-order valence-corrected chi connectivity index (χ1v) is 7.37. The molecule has 0 fully saturated rings. The molecule has 0 aliphatic heterocycles. The molecule has 1 heterocycles. The Morgan fingerprint density at radius 2 is 2.20 bits per heavy atom. The highest BCUT2D eigenvalue weighted by atomic mass is 79.9. The van der Waals surface area contributed by atoms with E-state index < -0.39 is 0 Å². The molecule has 1 unspecified atom stereocenters. The Bertz CT molecular complexity index is 640. The largest absolute Gasteiger partial charge is 0.352 e. The fraction of sp³-hybridized carbons (Fsp3) is 0.333. The van der Waals surface area contributed by atoms with Crippen LogP contribution < -0.4 is 11.1 Å². The van der Waals surface area contributed by atoms with E-state index in [1.165, 1.54) is 0 Å². The van der Waals surface area contributed by atoms with Gasteiger partial charge in [0.15, 0.2) is 0 Å². The number of benzene rings is 1. The maximum atomic E-state index is 12.3. The van der Waals surface area contributed by atoms with Gasteiger partial charge in [-0.1, -0.05) is 15.9 Å². The van der Waals surface area contributed by atoms with Gasteiger partial charge in [0.1, 0.15) is 0 Å². The van der Waals surface area contributed by atoms with E-state index in [1.807, 2.05) is 38.1 Å². The zero-order valence-corrected chi connectivity index (χ0v) is 13.2. The Labute approximate surface area is 126 Å². The van der Waals surface area contributed by atoms with Crippen LogP contribution in [0.4, 0.5) is 0 Å². The molecule has 2 aromatic rings. The number of hydrogen-bond acceptors (Lipinski definition) is 3. The van der Waals surface area contributed by atoms with Gasteiger partial charge in [0.2, 0.25) is 0 Å². The van der Waals surface area contributed by atoms with Crippen molar-refractivity contribution in [2.75, 3.05) is 6.54 Å². The summed E-state index contributed by atoms with van der Waals surface area (Å²) >= 11 is 3.43. The van der Waals surface area contributed by atoms with E-state index in [4.69, 9.17) is 5.73 Å². The Morgan fingerprint density at radius 1 is 1.45 bits per heavy atom. The van der Waals surface area contributed by atoms with Crippen molar-refractivity contribution in [3.63, 3.8) is 0 Å². The fourth-order valence-electron chi connectivity index (χ4n) is 2.03. The van der Waals surface area contributed by atoms with Crippen molar-refractivity contribution in [1.82, 2.24) is 10.3 Å². The molecular weight excluding hydrogens is 318 g/mol. The van der Waals surface area contributed by atoms with Crippen LogP contribution in [0.5, 0.6) is 0 Å². The van der Waals surface area contributed by atoms with Crippen LogP contribution in [0.15, 0.2) is 28.7 Å². The molecule has 1 atom stereocenters. The number of rotatable bonds is 4. The van der Waals surface area contributed by atoms with Gasteiger partial charge >= 0.3 is 0 Å². The molecule has 1 aromatic heterocycles. The number of carbonyl (C=O) groups is 1. The standard InChI is InChI=1S/C15H18BrN3O/c1-9(17)5-6-18-15(20)13-7-10(2)19-14-4-3-11(16)8-12(13)14/h3-4,7-9H,5-6,17H2,1-2H3,(H,18,20). The third-order valence-corrected chi connectivity index (χ3v) is 3.52. The van der Waals surface area contributed by atoms with E-state index in [2.05, 4.69) is 26.2 Å². The van der Waals surface area contributed by atoms with Crippen molar-refractivity contribution >= 4 is 32.7 Å². The molecule has 106 valence electrons. The monoisotopic (exact) mass is 335 g/mol. The highest BCUT2D eigenvalue weighted by Crippen LogP contribution is 2.22. The van der Waals surface area contributed by atoms with Crippen LogP contribution >= 0.6 is 15.9 Å². The zero-order valence-electron chi connectivity index (χ0n) is 11.6. The number of aromatic nitrogens is 1. The van der Waals surface area contributed by atoms with Crippen molar-refractivity contribution in [2.45, 2.75) is 26.3 Å². The van der Waals surface area contributed by atoms with Crippen molar-refractivity contribution in [2.24, 2.45) is 5.73 Å². The molecular formula is C15H18BrN3O. The van der Waals surface area contributed by atoms with Crippen LogP contribution in [0.3, 0.4) is 0 Å². The van der Waals surface area contributed by atoms with Crippen LogP contribution in [0, 0.1) is 6.92 Å². The summed E-state index contributed by atoms with van der Waals surface area (Å²) in [6, 6.07) is 7.65. The molecule has 20 heavy (non-hydrogen) atoms. The molecule has 4 nitrogen and oxygen atoms in total. The number of nitrogens with two attached hydrogens (primary N) is 1. The quantitative estimate of drug-likeness (QED) is 0.902. The average Bonchev–Trinajstić information content (AvgIpc) is 2.37. The lowest BCUT2D eigenvalue weighted by atomic mass is 10.1. The second-order valence-electron chi connectivity index (χ2n) is 4.99. The van der Waals surface area contributed by atoms with Crippen molar-refractivity contribution in [3.05, 3.63) is 40.0 Å². The van der Waals surface area contributed by atoms with E-state index in [1.54, 1.807) is 0 Å². The lowest BCUT2D eigenvalue weighted by molar-refractivity contribution is 0.0954. The summed E-state index contributed by atoms with van der Waals surface area (Å²) in [6.07, 6.45) is 0.761. The van der Waals surface area contributed by atoms with Crippen LogP contribution in [0.2, 0.25) is 0 Å². The summed E-state index contributed by atoms with van der Waals surface area (Å²) in [6.45, 7) is 4.39. The van der Waals surface area contributed by atoms with Gasteiger partial charge in [0.05, 0.1) is 11.1 Å². The Morgan fingerprint density at radius 3 is 2.90 bits per heavy atom. The molecule has 0 aliphatic carbocycles. The maximum absolute atomic E-state index is 12.3. The Balaban J connectivity index is 2.32. The van der Waals surface area contributed by atoms with Crippen molar-refractivity contribution in [1.29, 1.82) is 0 Å². The average molecular weight is 336 g/mol. The first kappa shape index (κ1) is 14.9. The number of hydrogen-bond donors (Lipinski definition) is 2. The number of aryl methyl sites for hydroxylation is 1. The van der Waals surface area contributed by atoms with Gasteiger partial charge in [-0.25, -0.2) is 0 Å². The molecule has 0 saturated carbocycles. The molecule has 2 rings (SSSR count). The van der Waals surface area contributed by atoms with E-state index in [9.17, 15) is 4.79 Å². The summed E-state index contributed by atoms with van der Waals surface area (Å²) in [5.41, 5.74) is 7.99. The van der Waals surface area contributed by atoms with Gasteiger partial charge in [0.25, 0.3) is 5.91 Å². The summed E-state index contributed by atoms with van der Waals surface area (Å²) < 4.78 is 0.931. The molecule has 0 saturated heterocycles. The second kappa shape index (κ2) is 6.33. The lowest BCUT2D eigenvalue weighted by Gasteiger charge is -2.10. The summed E-state index contributed by atoms with van der Waals surface area (Å²) in [5, 5.41) is 3.76. The number of nitrogens with one attached hydrogen (secondary N) is 1. The predicted molar refractivity (Wildman–Crippen MR) is 84.8 cm³/mol. The van der Waals surface area contributed by atoms with Gasteiger partial charge in [-0.3, -0.25) is 9.78 Å². The third kappa shape index (κ3) is 3.55. The van der Waals surface area contributed by atoms with Crippen LogP contribution in [0.25, 0.3) is 10.9 Å². The van der Waals surface area contributed by atoms with Gasteiger partial charge in [0, 0.05) is 28.1 Å². The van der Waals surface area contributed by atoms with E-state index >= 15 is 0 Å². The van der Waals surface area contributed by atoms with Crippen LogP contribution in [-0.2, 0) is 0 Å². The van der Waals surface area contributed by atoms with Crippen molar-refractivity contribution in [3.8, 4) is 0 Å². The molecule has 3 N–H and O–H groups in total. The summed E-state index contributed by atoms with van der Waals surface area (Å²) in [4.78, 5) is 16.8. The molecule has 0 bridgehead atoms. The van der Waals surface area contributed by atoms with Gasteiger partial charge < -0.3 is 11.1 Å². The zero-order chi connectivity index (χ0) is 14.7. The fourth-order valence-corrected chi connectivity index (χ4v) is 2.39. The second-order valence-corrected chi connectivity index (χ2v) is 5.91. The molecule has 0 aliphatic rings. The number of carbonyl (C=O) groups excluding carboxylic acids is 1. The molecule has 1 amide bonds. The summed E-state index contributed by atoms with van der Waals surface area (Å²) in [5.74, 6) is -0.0840. The van der Waals surface area contributed by atoms with Gasteiger partial charge in [-0.05, 0) is 44.5 Å². The SMILES string of the molecule is Cc1cc(C(=O)NCCC(C)N)c2cc(Br)ccc2n1. The minimum Gasteiger partial charge on any atom is -0.352 e. The Kier molecular flexibility index (Phi) is 4.73. The van der Waals surface area contributed by atoms with Crippen LogP contribution in [0.1, 0.15) is 29.4 Å². The first-order valence-electron chi connectivity index (χ1n) is 6.58. The number of halogens is 1. The van der Waals surface area contributed by atoms with Gasteiger partial charge in [-0.2, -0.15) is 0 Å². The number of pyridine rings is 1. The smallest absolute Gasteiger partial charge is 0.252 e. The number of nitrogens with zero attached hydrogens (tertiary/aromatic N) is 1. The number of amides is 1. The van der Waals surface area contributed by atoms with E-state index in [-0.39, 0.29) is 11.9 Å². The lowest BCUT2D eigenvalue weighted by Crippen LogP contribution is -2.29. The normalized spacial score (nSPS) is 12.4. The van der Waals surface area contributed by atoms with Crippen LogP contribution in [-0.4, -0.2) is 23.5 Å². The predicted octanol–water partition coefficient (Wildman–Crippen LogP) is 2.77. The molecule has 0 spiro atoms. The topological polar surface area (TPSA) is 68.0 Å². The van der Waals surface area contributed by atoms with Gasteiger partial charge in [-0.15, -0.1) is 0 Å². The molecule has 1 aromatic carbocycles. The minimum absolute atomic E-state index is 0.0837. The molecule has 0 radical (unpaired) electrons. The highest BCUT2D eigenvalue weighted by Gasteiger charge is 2.12. The maximum Gasteiger partial charge on any atom is 0.252 e. The summed E-state index contributed by atoms with van der Waals surface area (Å²) in [7, 11) is 0. The third-order valence-electron chi connectivity index (χ3n) is 3.03. The highest BCUT2D eigenvalue weighted by molar-refractivity contribution is 9.10. The van der Waals surface area contributed by atoms with E-state index in [0.29, 0.717) is 12.1 Å². The number of fused-ring (bicyclic) bond motifs is 1. The van der Waals surface area contributed by atoms with Crippen molar-refractivity contribution < 1.29 is 4.79 Å². The molecule has 5 heteroatoms. The Hall–Kier alpha value is -1.46.